The molecule has 1 aliphatic carbocycles. The van der Waals surface area contributed by atoms with Crippen LogP contribution in [0.15, 0.2) is 24.4 Å². The van der Waals surface area contributed by atoms with Crippen LogP contribution < -0.4 is 10.2 Å². The van der Waals surface area contributed by atoms with Crippen LogP contribution in [0.4, 0.5) is 0 Å². The van der Waals surface area contributed by atoms with E-state index in [1.165, 1.54) is 44.3 Å². The number of amides is 1. The SMILES string of the molecule is COc1ccc2ncc(Cl)c(CCCC3(C(=O)NO)CCN(CCCSC4CCCCC4)CC3)c2c1. The number of likely N-dealkylation sites (tertiary alicyclic amines) is 1. The standard InChI is InChI=1S/C28H40ClN3O3S/c1-35-21-10-11-26-24(19-21)23(25(29)20-30-26)9-5-12-28(27(33)31-34)13-16-32(17-14-28)15-6-18-36-22-7-3-2-4-8-22/h10-11,19-20,22,34H,2-9,12-18H2,1H3,(H,31,33). The third kappa shape index (κ3) is 6.85. The number of piperidine rings is 1. The topological polar surface area (TPSA) is 74.7 Å². The van der Waals surface area contributed by atoms with Crippen molar-refractivity contribution in [1.29, 1.82) is 0 Å². The number of carbonyl (C=O) groups is 1. The fraction of sp³-hybridized carbons (Fsp3) is 0.643. The maximum absolute atomic E-state index is 12.8. The molecule has 1 aromatic heterocycles. The van der Waals surface area contributed by atoms with Crippen molar-refractivity contribution in [3.63, 3.8) is 0 Å². The monoisotopic (exact) mass is 533 g/mol. The van der Waals surface area contributed by atoms with E-state index in [1.54, 1.807) is 13.3 Å². The first-order chi connectivity index (χ1) is 17.5. The van der Waals surface area contributed by atoms with E-state index < -0.39 is 5.41 Å². The van der Waals surface area contributed by atoms with Gasteiger partial charge in [0.05, 0.1) is 23.1 Å². The van der Waals surface area contributed by atoms with Gasteiger partial charge in [0.1, 0.15) is 5.75 Å². The molecule has 0 unspecified atom stereocenters. The highest BCUT2D eigenvalue weighted by Crippen LogP contribution is 2.38. The van der Waals surface area contributed by atoms with Crippen molar-refractivity contribution in [2.45, 2.75) is 75.9 Å². The van der Waals surface area contributed by atoms with Crippen molar-refractivity contribution in [2.24, 2.45) is 5.41 Å². The number of aromatic nitrogens is 1. The van der Waals surface area contributed by atoms with E-state index in [0.29, 0.717) is 5.02 Å². The zero-order chi connectivity index (χ0) is 25.4. The van der Waals surface area contributed by atoms with Gasteiger partial charge < -0.3 is 9.64 Å². The molecule has 2 aliphatic rings. The fourth-order valence-corrected chi connectivity index (χ4v) is 7.41. The molecule has 1 amide bonds. The maximum Gasteiger partial charge on any atom is 0.249 e. The zero-order valence-electron chi connectivity index (χ0n) is 21.4. The van der Waals surface area contributed by atoms with Crippen LogP contribution in [0, 0.1) is 5.41 Å². The second-order valence-corrected chi connectivity index (χ2v) is 12.2. The number of rotatable bonds is 11. The van der Waals surface area contributed by atoms with Gasteiger partial charge in [-0.1, -0.05) is 30.9 Å². The molecule has 2 fully saturated rings. The van der Waals surface area contributed by atoms with E-state index in [2.05, 4.69) is 21.6 Å². The highest BCUT2D eigenvalue weighted by molar-refractivity contribution is 7.99. The lowest BCUT2D eigenvalue weighted by molar-refractivity contribution is -0.143. The molecular formula is C28H40ClN3O3S. The van der Waals surface area contributed by atoms with E-state index in [9.17, 15) is 10.0 Å². The number of hydrogen-bond donors (Lipinski definition) is 2. The maximum atomic E-state index is 12.8. The molecule has 0 radical (unpaired) electrons. The summed E-state index contributed by atoms with van der Waals surface area (Å²) < 4.78 is 5.40. The summed E-state index contributed by atoms with van der Waals surface area (Å²) in [5.41, 5.74) is 3.36. The third-order valence-electron chi connectivity index (χ3n) is 8.14. The van der Waals surface area contributed by atoms with Gasteiger partial charge in [0, 0.05) is 16.8 Å². The normalized spacial score (nSPS) is 18.9. The summed E-state index contributed by atoms with van der Waals surface area (Å²) in [6.07, 6.45) is 13.7. The second-order valence-electron chi connectivity index (χ2n) is 10.4. The van der Waals surface area contributed by atoms with Gasteiger partial charge in [-0.05, 0) is 101 Å². The van der Waals surface area contributed by atoms with Gasteiger partial charge >= 0.3 is 0 Å². The van der Waals surface area contributed by atoms with Crippen LogP contribution in [-0.4, -0.2) is 58.7 Å². The largest absolute Gasteiger partial charge is 0.497 e. The Hall–Kier alpha value is -1.54. The lowest BCUT2D eigenvalue weighted by atomic mass is 9.73. The molecular weight excluding hydrogens is 494 g/mol. The Morgan fingerprint density at radius 1 is 1.25 bits per heavy atom. The molecule has 4 rings (SSSR count). The minimum Gasteiger partial charge on any atom is -0.497 e. The first-order valence-electron chi connectivity index (χ1n) is 13.4. The van der Waals surface area contributed by atoms with E-state index >= 15 is 0 Å². The van der Waals surface area contributed by atoms with Crippen molar-refractivity contribution in [3.05, 3.63) is 35.0 Å². The summed E-state index contributed by atoms with van der Waals surface area (Å²) in [5.74, 6) is 1.75. The highest BCUT2D eigenvalue weighted by Gasteiger charge is 2.40. The van der Waals surface area contributed by atoms with E-state index in [4.69, 9.17) is 16.3 Å². The van der Waals surface area contributed by atoms with Crippen molar-refractivity contribution < 1.29 is 14.7 Å². The molecule has 2 heterocycles. The highest BCUT2D eigenvalue weighted by atomic mass is 35.5. The molecule has 2 aromatic rings. The molecule has 1 saturated heterocycles. The Bertz CT molecular complexity index is 1010. The number of hydroxylamine groups is 1. The lowest BCUT2D eigenvalue weighted by Crippen LogP contribution is -2.48. The van der Waals surface area contributed by atoms with Crippen LogP contribution in [0.5, 0.6) is 5.75 Å². The Morgan fingerprint density at radius 2 is 2.03 bits per heavy atom. The van der Waals surface area contributed by atoms with Crippen LogP contribution in [0.3, 0.4) is 0 Å². The van der Waals surface area contributed by atoms with E-state index in [0.717, 1.165) is 79.2 Å². The summed E-state index contributed by atoms with van der Waals surface area (Å²) in [7, 11) is 1.65. The number of halogens is 1. The molecule has 8 heteroatoms. The van der Waals surface area contributed by atoms with Gasteiger partial charge in [-0.3, -0.25) is 15.0 Å². The summed E-state index contributed by atoms with van der Waals surface area (Å²) >= 11 is 8.70. The summed E-state index contributed by atoms with van der Waals surface area (Å²) in [5, 5.41) is 12.0. The number of methoxy groups -OCH3 is 1. The first-order valence-corrected chi connectivity index (χ1v) is 14.9. The number of nitrogens with one attached hydrogen (secondary N) is 1. The third-order valence-corrected chi connectivity index (χ3v) is 9.93. The molecule has 1 aromatic carbocycles. The number of nitrogens with zero attached hydrogens (tertiary/aromatic N) is 2. The number of pyridine rings is 1. The lowest BCUT2D eigenvalue weighted by Gasteiger charge is -2.40. The molecule has 6 nitrogen and oxygen atoms in total. The van der Waals surface area contributed by atoms with Gasteiger partial charge in [-0.15, -0.1) is 0 Å². The van der Waals surface area contributed by atoms with Crippen LogP contribution in [0.2, 0.25) is 5.02 Å². The van der Waals surface area contributed by atoms with Gasteiger partial charge in [-0.25, -0.2) is 5.48 Å². The molecule has 2 N–H and O–H groups in total. The van der Waals surface area contributed by atoms with Gasteiger partial charge in [0.25, 0.3) is 0 Å². The zero-order valence-corrected chi connectivity index (χ0v) is 23.0. The number of thioether (sulfide) groups is 1. The Labute approximate surface area is 224 Å². The minimum atomic E-state index is -0.533. The number of benzene rings is 1. The van der Waals surface area contributed by atoms with Crippen LogP contribution in [0.1, 0.15) is 69.8 Å². The van der Waals surface area contributed by atoms with Crippen molar-refractivity contribution in [3.8, 4) is 5.75 Å². The molecule has 0 atom stereocenters. The predicted molar refractivity (Wildman–Crippen MR) is 148 cm³/mol. The van der Waals surface area contributed by atoms with Gasteiger partial charge in [-0.2, -0.15) is 11.8 Å². The average molecular weight is 534 g/mol. The smallest absolute Gasteiger partial charge is 0.249 e. The van der Waals surface area contributed by atoms with Gasteiger partial charge in [0.15, 0.2) is 0 Å². The van der Waals surface area contributed by atoms with E-state index in [-0.39, 0.29) is 5.91 Å². The number of hydrogen-bond acceptors (Lipinski definition) is 6. The number of fused-ring (bicyclic) bond motifs is 1. The van der Waals surface area contributed by atoms with Crippen LogP contribution in [-0.2, 0) is 11.2 Å². The Morgan fingerprint density at radius 3 is 2.75 bits per heavy atom. The molecule has 198 valence electrons. The van der Waals surface area contributed by atoms with Crippen molar-refractivity contribution in [1.82, 2.24) is 15.4 Å². The number of carbonyl (C=O) groups excluding carboxylic acids is 1. The van der Waals surface area contributed by atoms with Crippen molar-refractivity contribution >= 4 is 40.2 Å². The number of aryl methyl sites for hydroxylation is 1. The number of ether oxygens (including phenoxy) is 1. The molecule has 1 aliphatic heterocycles. The molecule has 0 bridgehead atoms. The van der Waals surface area contributed by atoms with Crippen molar-refractivity contribution in [2.75, 3.05) is 32.5 Å². The minimum absolute atomic E-state index is 0.248. The summed E-state index contributed by atoms with van der Waals surface area (Å²) in [4.78, 5) is 19.7. The van der Waals surface area contributed by atoms with E-state index in [1.807, 2.05) is 23.7 Å². The Kier molecular flexibility index (Phi) is 10.2. The quantitative estimate of drug-likeness (QED) is 0.202. The molecule has 0 spiro atoms. The average Bonchev–Trinajstić information content (AvgIpc) is 2.93. The second kappa shape index (κ2) is 13.3. The van der Waals surface area contributed by atoms with Gasteiger partial charge in [0.2, 0.25) is 5.91 Å². The molecule has 36 heavy (non-hydrogen) atoms. The summed E-state index contributed by atoms with van der Waals surface area (Å²) in [6.45, 7) is 2.90. The first kappa shape index (κ1) is 27.5. The van der Waals surface area contributed by atoms with Crippen LogP contribution >= 0.6 is 23.4 Å². The molecule has 1 saturated carbocycles. The predicted octanol–water partition coefficient (Wildman–Crippen LogP) is 6.26. The summed E-state index contributed by atoms with van der Waals surface area (Å²) in [6, 6.07) is 5.82. The fourth-order valence-electron chi connectivity index (χ4n) is 5.87. The Balaban J connectivity index is 1.30. The van der Waals surface area contributed by atoms with Crippen LogP contribution in [0.25, 0.3) is 10.9 Å².